The molecule has 0 unspecified atom stereocenters. The van der Waals surface area contributed by atoms with E-state index in [2.05, 4.69) is 0 Å². The number of ketones is 1. The summed E-state index contributed by atoms with van der Waals surface area (Å²) < 4.78 is 16.1. The number of hydrogen-bond donors (Lipinski definition) is 1. The monoisotopic (exact) mass is 497 g/mol. The molecule has 7 heteroatoms. The first-order valence-corrected chi connectivity index (χ1v) is 11.8. The minimum atomic E-state index is -2.02. The Morgan fingerprint density at radius 3 is 2.22 bits per heavy atom. The summed E-state index contributed by atoms with van der Waals surface area (Å²) in [6.07, 6.45) is -0.437. The van der Waals surface area contributed by atoms with Crippen LogP contribution in [-0.4, -0.2) is 38.1 Å². The number of nitrogens with zero attached hydrogens (tertiary/aromatic N) is 1. The molecule has 37 heavy (non-hydrogen) atoms. The predicted octanol–water partition coefficient (Wildman–Crippen LogP) is 4.87. The second kappa shape index (κ2) is 9.59. The Kier molecular flexibility index (Phi) is 6.31. The summed E-state index contributed by atoms with van der Waals surface area (Å²) >= 11 is 0. The maximum atomic E-state index is 13.8. The number of ether oxygens (including phenoxy) is 3. The molecule has 1 atom stereocenters. The van der Waals surface area contributed by atoms with Crippen LogP contribution in [0.4, 0.5) is 5.69 Å². The van der Waals surface area contributed by atoms with Crippen LogP contribution in [0.5, 0.6) is 17.2 Å². The van der Waals surface area contributed by atoms with Crippen LogP contribution < -0.4 is 19.1 Å². The van der Waals surface area contributed by atoms with Gasteiger partial charge in [0.05, 0.1) is 40.0 Å². The summed E-state index contributed by atoms with van der Waals surface area (Å²) in [5.74, 6) is 0.00370. The molecule has 4 aromatic carbocycles. The third kappa shape index (κ3) is 4.07. The lowest BCUT2D eigenvalue weighted by molar-refractivity contribution is -0.136. The molecule has 4 aromatic rings. The van der Waals surface area contributed by atoms with E-state index >= 15 is 0 Å². The summed E-state index contributed by atoms with van der Waals surface area (Å²) in [6, 6.07) is 24.0. The van der Waals surface area contributed by atoms with Crippen LogP contribution in [0.15, 0.2) is 78.9 Å². The number of para-hydroxylation sites is 1. The topological polar surface area (TPSA) is 85.3 Å². The molecule has 1 N–H and O–H groups in total. The molecule has 1 heterocycles. The van der Waals surface area contributed by atoms with Crippen molar-refractivity contribution in [2.75, 3.05) is 26.2 Å². The standard InChI is InChI=1S/C30H27NO6/c1-35-26-15-21(16-27(36-2)28(26)37-3)25(32)17-30(34)23-13-6-7-14-24(23)31(29(30)33)18-20-11-8-10-19-9-4-5-12-22(19)20/h4-16,34H,17-18H2,1-3H3/t30-/m0/s1. The van der Waals surface area contributed by atoms with E-state index in [1.807, 2.05) is 48.5 Å². The first-order valence-electron chi connectivity index (χ1n) is 11.8. The molecule has 0 bridgehead atoms. The SMILES string of the molecule is COc1cc(C(=O)C[C@@]2(O)C(=O)N(Cc3cccc4ccccc34)c3ccccc32)cc(OC)c1OC. The van der Waals surface area contributed by atoms with Crippen molar-refractivity contribution >= 4 is 28.2 Å². The zero-order valence-electron chi connectivity index (χ0n) is 20.9. The highest BCUT2D eigenvalue weighted by Gasteiger charge is 2.51. The zero-order valence-corrected chi connectivity index (χ0v) is 20.9. The zero-order chi connectivity index (χ0) is 26.2. The number of benzene rings is 4. The molecule has 1 aliphatic rings. The van der Waals surface area contributed by atoms with Crippen molar-refractivity contribution in [3.63, 3.8) is 0 Å². The minimum Gasteiger partial charge on any atom is -0.493 e. The number of methoxy groups -OCH3 is 3. The van der Waals surface area contributed by atoms with Crippen LogP contribution >= 0.6 is 0 Å². The molecule has 0 radical (unpaired) electrons. The van der Waals surface area contributed by atoms with E-state index in [9.17, 15) is 14.7 Å². The summed E-state index contributed by atoms with van der Waals surface area (Å²) in [4.78, 5) is 28.8. The second-order valence-electron chi connectivity index (χ2n) is 8.92. The van der Waals surface area contributed by atoms with Crippen molar-refractivity contribution in [2.24, 2.45) is 0 Å². The summed E-state index contributed by atoms with van der Waals surface area (Å²) in [7, 11) is 4.39. The number of Topliss-reactive ketones (excluding diaryl/α,β-unsaturated/α-hetero) is 1. The maximum Gasteiger partial charge on any atom is 0.264 e. The Balaban J connectivity index is 1.51. The molecule has 7 nitrogen and oxygen atoms in total. The number of fused-ring (bicyclic) bond motifs is 2. The highest BCUT2D eigenvalue weighted by Crippen LogP contribution is 2.45. The number of carbonyl (C=O) groups excluding carboxylic acids is 2. The number of aliphatic hydroxyl groups is 1. The van der Waals surface area contributed by atoms with Gasteiger partial charge in [-0.05, 0) is 34.5 Å². The van der Waals surface area contributed by atoms with Crippen molar-refractivity contribution in [2.45, 2.75) is 18.6 Å². The molecule has 0 spiro atoms. The van der Waals surface area contributed by atoms with Gasteiger partial charge in [0.1, 0.15) is 0 Å². The van der Waals surface area contributed by atoms with Crippen LogP contribution in [0.25, 0.3) is 10.8 Å². The van der Waals surface area contributed by atoms with Crippen LogP contribution in [0.3, 0.4) is 0 Å². The Morgan fingerprint density at radius 1 is 0.865 bits per heavy atom. The van der Waals surface area contributed by atoms with E-state index in [4.69, 9.17) is 14.2 Å². The molecular weight excluding hydrogens is 470 g/mol. The van der Waals surface area contributed by atoms with Crippen molar-refractivity contribution < 1.29 is 28.9 Å². The minimum absolute atomic E-state index is 0.237. The molecule has 5 rings (SSSR count). The van der Waals surface area contributed by atoms with Crippen LogP contribution in [0.1, 0.15) is 27.9 Å². The number of rotatable bonds is 8. The Labute approximate surface area is 214 Å². The number of amides is 1. The highest BCUT2D eigenvalue weighted by atomic mass is 16.5. The fraction of sp³-hybridized carbons (Fsp3) is 0.200. The lowest BCUT2D eigenvalue weighted by Gasteiger charge is -2.23. The van der Waals surface area contributed by atoms with Gasteiger partial charge in [0.25, 0.3) is 5.91 Å². The van der Waals surface area contributed by atoms with Crippen LogP contribution in [0.2, 0.25) is 0 Å². The molecule has 0 saturated carbocycles. The van der Waals surface area contributed by atoms with Crippen molar-refractivity contribution in [1.82, 2.24) is 0 Å². The van der Waals surface area contributed by atoms with E-state index in [0.29, 0.717) is 28.5 Å². The molecule has 1 aliphatic heterocycles. The van der Waals surface area contributed by atoms with Crippen molar-refractivity contribution in [3.8, 4) is 17.2 Å². The van der Waals surface area contributed by atoms with E-state index in [1.165, 1.54) is 33.5 Å². The van der Waals surface area contributed by atoms with E-state index < -0.39 is 23.7 Å². The average Bonchev–Trinajstić information content (AvgIpc) is 3.14. The highest BCUT2D eigenvalue weighted by molar-refractivity contribution is 6.11. The van der Waals surface area contributed by atoms with Gasteiger partial charge in [-0.2, -0.15) is 0 Å². The van der Waals surface area contributed by atoms with Gasteiger partial charge < -0.3 is 24.2 Å². The van der Waals surface area contributed by atoms with Gasteiger partial charge in [-0.1, -0.05) is 60.7 Å². The quantitative estimate of drug-likeness (QED) is 0.350. The molecular formula is C30H27NO6. The van der Waals surface area contributed by atoms with Crippen LogP contribution in [-0.2, 0) is 16.9 Å². The third-order valence-electron chi connectivity index (χ3n) is 6.85. The van der Waals surface area contributed by atoms with Gasteiger partial charge in [-0.15, -0.1) is 0 Å². The fourth-order valence-electron chi connectivity index (χ4n) is 5.01. The molecule has 188 valence electrons. The smallest absolute Gasteiger partial charge is 0.264 e. The van der Waals surface area contributed by atoms with Gasteiger partial charge in [0.2, 0.25) is 5.75 Å². The number of hydrogen-bond acceptors (Lipinski definition) is 6. The maximum absolute atomic E-state index is 13.8. The van der Waals surface area contributed by atoms with E-state index in [-0.39, 0.29) is 12.1 Å². The van der Waals surface area contributed by atoms with Crippen LogP contribution in [0, 0.1) is 0 Å². The molecule has 0 fully saturated rings. The van der Waals surface area contributed by atoms with Crippen molar-refractivity contribution in [1.29, 1.82) is 0 Å². The van der Waals surface area contributed by atoms with E-state index in [1.54, 1.807) is 23.1 Å². The molecule has 0 saturated heterocycles. The van der Waals surface area contributed by atoms with Gasteiger partial charge in [0.15, 0.2) is 22.9 Å². The first-order chi connectivity index (χ1) is 17.9. The average molecular weight is 498 g/mol. The van der Waals surface area contributed by atoms with Gasteiger partial charge in [0, 0.05) is 11.1 Å². The predicted molar refractivity (Wildman–Crippen MR) is 141 cm³/mol. The lowest BCUT2D eigenvalue weighted by atomic mass is 9.88. The Bertz CT molecular complexity index is 1480. The van der Waals surface area contributed by atoms with Gasteiger partial charge >= 0.3 is 0 Å². The number of carbonyl (C=O) groups is 2. The van der Waals surface area contributed by atoms with Crippen molar-refractivity contribution in [3.05, 3.63) is 95.6 Å². The molecule has 0 aromatic heterocycles. The Hall–Kier alpha value is -4.36. The lowest BCUT2D eigenvalue weighted by Crippen LogP contribution is -2.41. The normalized spacial score (nSPS) is 16.5. The van der Waals surface area contributed by atoms with Gasteiger partial charge in [-0.25, -0.2) is 0 Å². The first kappa shape index (κ1) is 24.3. The second-order valence-corrected chi connectivity index (χ2v) is 8.92. The summed E-state index contributed by atoms with van der Waals surface area (Å²) in [5, 5.41) is 13.8. The number of anilines is 1. The van der Waals surface area contributed by atoms with Gasteiger partial charge in [-0.3, -0.25) is 9.59 Å². The molecule has 1 amide bonds. The fourth-order valence-corrected chi connectivity index (χ4v) is 5.01. The third-order valence-corrected chi connectivity index (χ3v) is 6.85. The summed E-state index contributed by atoms with van der Waals surface area (Å²) in [6.45, 7) is 0.262. The Morgan fingerprint density at radius 2 is 1.51 bits per heavy atom. The molecule has 0 aliphatic carbocycles. The summed E-state index contributed by atoms with van der Waals surface area (Å²) in [5.41, 5.74) is 0.155. The largest absolute Gasteiger partial charge is 0.493 e. The van der Waals surface area contributed by atoms with E-state index in [0.717, 1.165) is 16.3 Å².